The SMILES string of the molecule is COc1ccc(NC(=O)[C@@H](c2ccccc2)N(Cc2ccccc2F)C(=O)CSc2nc(C)cc(C)n2)cc1. The Morgan fingerprint density at radius 1 is 0.949 bits per heavy atom. The van der Waals surface area contributed by atoms with Gasteiger partial charge in [0.2, 0.25) is 5.91 Å². The molecule has 1 atom stereocenters. The van der Waals surface area contributed by atoms with E-state index < -0.39 is 17.8 Å². The second-order valence-electron chi connectivity index (χ2n) is 8.87. The highest BCUT2D eigenvalue weighted by Crippen LogP contribution is 2.28. The van der Waals surface area contributed by atoms with Crippen molar-refractivity contribution in [3.8, 4) is 5.75 Å². The molecule has 2 amide bonds. The quantitative estimate of drug-likeness (QED) is 0.202. The molecule has 0 saturated carbocycles. The number of nitrogens with one attached hydrogen (secondary N) is 1. The van der Waals surface area contributed by atoms with Crippen LogP contribution in [0.4, 0.5) is 10.1 Å². The van der Waals surface area contributed by atoms with E-state index in [1.54, 1.807) is 73.8 Å². The second-order valence-corrected chi connectivity index (χ2v) is 9.81. The number of amides is 2. The van der Waals surface area contributed by atoms with E-state index in [0.717, 1.165) is 11.4 Å². The highest BCUT2D eigenvalue weighted by Gasteiger charge is 2.32. The number of methoxy groups -OCH3 is 1. The Labute approximate surface area is 231 Å². The van der Waals surface area contributed by atoms with Gasteiger partial charge in [-0.25, -0.2) is 14.4 Å². The summed E-state index contributed by atoms with van der Waals surface area (Å²) in [4.78, 5) is 37.8. The molecule has 0 fully saturated rings. The van der Waals surface area contributed by atoms with Crippen LogP contribution in [0.25, 0.3) is 0 Å². The minimum atomic E-state index is -1.03. The molecule has 1 N–H and O–H groups in total. The molecule has 0 aliphatic heterocycles. The maximum Gasteiger partial charge on any atom is 0.251 e. The van der Waals surface area contributed by atoms with E-state index in [2.05, 4.69) is 15.3 Å². The number of carbonyl (C=O) groups excluding carboxylic acids is 2. The molecule has 0 spiro atoms. The molecular weight excluding hydrogens is 515 g/mol. The van der Waals surface area contributed by atoms with Gasteiger partial charge in [0, 0.05) is 29.2 Å². The lowest BCUT2D eigenvalue weighted by molar-refractivity contribution is -0.137. The molecule has 39 heavy (non-hydrogen) atoms. The van der Waals surface area contributed by atoms with Gasteiger partial charge in [0.15, 0.2) is 5.16 Å². The van der Waals surface area contributed by atoms with E-state index in [0.29, 0.717) is 27.7 Å². The van der Waals surface area contributed by atoms with Gasteiger partial charge in [0.05, 0.1) is 12.9 Å². The monoisotopic (exact) mass is 544 g/mol. The maximum atomic E-state index is 14.8. The summed E-state index contributed by atoms with van der Waals surface area (Å²) in [7, 11) is 1.56. The van der Waals surface area contributed by atoms with Crippen LogP contribution in [0.2, 0.25) is 0 Å². The van der Waals surface area contributed by atoms with Crippen LogP contribution in [-0.2, 0) is 16.1 Å². The number of thioether (sulfide) groups is 1. The number of carbonyl (C=O) groups is 2. The number of benzene rings is 3. The van der Waals surface area contributed by atoms with E-state index in [1.807, 2.05) is 26.0 Å². The topological polar surface area (TPSA) is 84.4 Å². The summed E-state index contributed by atoms with van der Waals surface area (Å²) in [6.07, 6.45) is 0. The zero-order valence-corrected chi connectivity index (χ0v) is 22.7. The first-order chi connectivity index (χ1) is 18.8. The van der Waals surface area contributed by atoms with Crippen molar-refractivity contribution in [2.45, 2.75) is 31.6 Å². The number of ether oxygens (including phenoxy) is 1. The van der Waals surface area contributed by atoms with Crippen LogP contribution >= 0.6 is 11.8 Å². The predicted octanol–water partition coefficient (Wildman–Crippen LogP) is 5.74. The molecule has 4 rings (SSSR count). The van der Waals surface area contributed by atoms with Crippen molar-refractivity contribution < 1.29 is 18.7 Å². The smallest absolute Gasteiger partial charge is 0.251 e. The summed E-state index contributed by atoms with van der Waals surface area (Å²) in [5.74, 6) is -0.623. The number of aromatic nitrogens is 2. The lowest BCUT2D eigenvalue weighted by atomic mass is 10.0. The Morgan fingerprint density at radius 3 is 2.23 bits per heavy atom. The van der Waals surface area contributed by atoms with Gasteiger partial charge >= 0.3 is 0 Å². The summed E-state index contributed by atoms with van der Waals surface area (Å²) >= 11 is 1.18. The lowest BCUT2D eigenvalue weighted by Gasteiger charge is -2.31. The third-order valence-corrected chi connectivity index (χ3v) is 6.77. The average Bonchev–Trinajstić information content (AvgIpc) is 2.93. The summed E-state index contributed by atoms with van der Waals surface area (Å²) < 4.78 is 20.0. The fourth-order valence-corrected chi connectivity index (χ4v) is 4.93. The minimum Gasteiger partial charge on any atom is -0.497 e. The molecule has 7 nitrogen and oxygen atoms in total. The average molecular weight is 545 g/mol. The van der Waals surface area contributed by atoms with Crippen molar-refractivity contribution in [3.63, 3.8) is 0 Å². The second kappa shape index (κ2) is 13.0. The zero-order valence-electron chi connectivity index (χ0n) is 21.9. The first-order valence-electron chi connectivity index (χ1n) is 12.3. The van der Waals surface area contributed by atoms with Crippen molar-refractivity contribution in [2.75, 3.05) is 18.2 Å². The molecular formula is C30H29FN4O3S. The summed E-state index contributed by atoms with van der Waals surface area (Å²) in [6.45, 7) is 3.62. The number of halogens is 1. The molecule has 4 aromatic rings. The third kappa shape index (κ3) is 7.42. The number of aryl methyl sites for hydroxylation is 2. The standard InChI is InChI=1S/C30H29FN4O3S/c1-20-17-21(2)33-30(32-20)39-19-27(36)35(18-23-11-7-8-12-26(23)31)28(22-9-5-4-6-10-22)29(37)34-24-13-15-25(38-3)16-14-24/h4-17,28H,18-19H2,1-3H3,(H,34,37)/t28-/m1/s1. The Hall–Kier alpha value is -4.24. The van der Waals surface area contributed by atoms with Gasteiger partial charge in [0.25, 0.3) is 5.91 Å². The highest BCUT2D eigenvalue weighted by molar-refractivity contribution is 7.99. The fourth-order valence-electron chi connectivity index (χ4n) is 4.09. The molecule has 0 aliphatic rings. The molecule has 9 heteroatoms. The Morgan fingerprint density at radius 2 is 1.59 bits per heavy atom. The lowest BCUT2D eigenvalue weighted by Crippen LogP contribution is -2.42. The summed E-state index contributed by atoms with van der Waals surface area (Å²) in [5.41, 5.74) is 3.03. The molecule has 0 saturated heterocycles. The molecule has 1 aromatic heterocycles. The first kappa shape index (κ1) is 27.8. The first-order valence-corrected chi connectivity index (χ1v) is 13.3. The molecule has 0 radical (unpaired) electrons. The largest absolute Gasteiger partial charge is 0.497 e. The predicted molar refractivity (Wildman–Crippen MR) is 150 cm³/mol. The Balaban J connectivity index is 1.68. The highest BCUT2D eigenvalue weighted by atomic mass is 32.2. The van der Waals surface area contributed by atoms with Crippen LogP contribution < -0.4 is 10.1 Å². The molecule has 3 aromatic carbocycles. The van der Waals surface area contributed by atoms with Gasteiger partial charge in [-0.1, -0.05) is 60.3 Å². The number of rotatable bonds is 10. The van der Waals surface area contributed by atoms with Crippen LogP contribution in [0.1, 0.15) is 28.6 Å². The molecule has 1 heterocycles. The van der Waals surface area contributed by atoms with Crippen LogP contribution in [0.5, 0.6) is 5.75 Å². The van der Waals surface area contributed by atoms with Crippen LogP contribution in [0.3, 0.4) is 0 Å². The normalized spacial score (nSPS) is 11.5. The molecule has 0 unspecified atom stereocenters. The van der Waals surface area contributed by atoms with E-state index in [9.17, 15) is 14.0 Å². The van der Waals surface area contributed by atoms with Gasteiger partial charge in [-0.2, -0.15) is 0 Å². The molecule has 200 valence electrons. The number of anilines is 1. The number of hydrogen-bond donors (Lipinski definition) is 1. The zero-order chi connectivity index (χ0) is 27.8. The van der Waals surface area contributed by atoms with Crippen molar-refractivity contribution in [3.05, 3.63) is 113 Å². The van der Waals surface area contributed by atoms with Crippen molar-refractivity contribution in [1.29, 1.82) is 0 Å². The fraction of sp³-hybridized carbons (Fsp3) is 0.200. The summed E-state index contributed by atoms with van der Waals surface area (Å²) in [6, 6.07) is 22.9. The van der Waals surface area contributed by atoms with E-state index in [1.165, 1.54) is 22.7 Å². The van der Waals surface area contributed by atoms with Crippen molar-refractivity contribution in [1.82, 2.24) is 14.9 Å². The van der Waals surface area contributed by atoms with Gasteiger partial charge in [-0.05, 0) is 55.8 Å². The Kier molecular flexibility index (Phi) is 9.27. The van der Waals surface area contributed by atoms with Crippen LogP contribution in [0.15, 0.2) is 90.1 Å². The van der Waals surface area contributed by atoms with E-state index in [4.69, 9.17) is 4.74 Å². The van der Waals surface area contributed by atoms with Crippen LogP contribution in [-0.4, -0.2) is 39.5 Å². The molecule has 0 aliphatic carbocycles. The maximum absolute atomic E-state index is 14.8. The van der Waals surface area contributed by atoms with Gasteiger partial charge in [0.1, 0.15) is 17.6 Å². The number of nitrogens with zero attached hydrogens (tertiary/aromatic N) is 3. The Bertz CT molecular complexity index is 1410. The van der Waals surface area contributed by atoms with Gasteiger partial charge in [-0.15, -0.1) is 0 Å². The summed E-state index contributed by atoms with van der Waals surface area (Å²) in [5, 5.41) is 3.37. The van der Waals surface area contributed by atoms with E-state index in [-0.39, 0.29) is 18.2 Å². The minimum absolute atomic E-state index is 0.0313. The van der Waals surface area contributed by atoms with Gasteiger partial charge < -0.3 is 15.0 Å². The van der Waals surface area contributed by atoms with Crippen molar-refractivity contribution >= 4 is 29.3 Å². The number of hydrogen-bond acceptors (Lipinski definition) is 6. The van der Waals surface area contributed by atoms with Gasteiger partial charge in [-0.3, -0.25) is 9.59 Å². The van der Waals surface area contributed by atoms with Crippen molar-refractivity contribution in [2.24, 2.45) is 0 Å². The van der Waals surface area contributed by atoms with E-state index >= 15 is 0 Å². The third-order valence-electron chi connectivity index (χ3n) is 5.94. The molecule has 0 bridgehead atoms. The van der Waals surface area contributed by atoms with Crippen LogP contribution in [0, 0.1) is 19.7 Å².